The fourth-order valence-electron chi connectivity index (χ4n) is 2.24. The molecular weight excluding hydrogens is 326 g/mol. The Labute approximate surface area is 143 Å². The summed E-state index contributed by atoms with van der Waals surface area (Å²) < 4.78 is 13.4. The van der Waals surface area contributed by atoms with E-state index in [9.17, 15) is 9.59 Å². The monoisotopic (exact) mass is 343 g/mol. The number of anilines is 1. The van der Waals surface area contributed by atoms with Crippen LogP contribution in [-0.2, 0) is 17.8 Å². The van der Waals surface area contributed by atoms with Crippen LogP contribution in [0.4, 0.5) is 5.69 Å². The molecule has 0 radical (unpaired) electrons. The Kier molecular flexibility index (Phi) is 4.64. The van der Waals surface area contributed by atoms with E-state index in [2.05, 4.69) is 20.3 Å². The molecule has 0 unspecified atom stereocenters. The average Bonchev–Trinajstić information content (AvgIpc) is 3.35. The van der Waals surface area contributed by atoms with Crippen molar-refractivity contribution in [1.82, 2.24) is 19.6 Å². The van der Waals surface area contributed by atoms with Crippen molar-refractivity contribution in [1.29, 1.82) is 0 Å². The van der Waals surface area contributed by atoms with Gasteiger partial charge < -0.3 is 14.5 Å². The van der Waals surface area contributed by atoms with Gasteiger partial charge in [-0.05, 0) is 25.1 Å². The van der Waals surface area contributed by atoms with Gasteiger partial charge in [-0.3, -0.25) is 14.2 Å². The number of ether oxygens (including phenoxy) is 1. The summed E-state index contributed by atoms with van der Waals surface area (Å²) in [5, 5.41) is 10.8. The van der Waals surface area contributed by atoms with Crippen molar-refractivity contribution in [3.63, 3.8) is 0 Å². The first-order chi connectivity index (χ1) is 12.1. The number of hydrogen-bond acceptors (Lipinski definition) is 6. The highest BCUT2D eigenvalue weighted by Crippen LogP contribution is 2.17. The van der Waals surface area contributed by atoms with Crippen LogP contribution in [0.15, 0.2) is 41.2 Å². The van der Waals surface area contributed by atoms with Gasteiger partial charge >= 0.3 is 5.97 Å². The summed E-state index contributed by atoms with van der Waals surface area (Å²) in [6.07, 6.45) is 5.03. The number of aromatic nitrogens is 4. The first-order valence-corrected chi connectivity index (χ1v) is 7.64. The molecule has 3 heterocycles. The van der Waals surface area contributed by atoms with Crippen molar-refractivity contribution < 1.29 is 18.7 Å². The molecule has 0 aliphatic rings. The van der Waals surface area contributed by atoms with Crippen molar-refractivity contribution in [2.45, 2.75) is 20.0 Å². The Bertz CT molecular complexity index is 878. The van der Waals surface area contributed by atoms with Crippen LogP contribution in [-0.4, -0.2) is 38.5 Å². The summed E-state index contributed by atoms with van der Waals surface area (Å²) in [4.78, 5) is 24.2. The van der Waals surface area contributed by atoms with Crippen LogP contribution in [0.1, 0.15) is 33.7 Å². The van der Waals surface area contributed by atoms with Gasteiger partial charge in [-0.1, -0.05) is 0 Å². The maximum Gasteiger partial charge on any atom is 0.360 e. The van der Waals surface area contributed by atoms with Crippen LogP contribution in [0.5, 0.6) is 0 Å². The number of amides is 1. The van der Waals surface area contributed by atoms with E-state index in [-0.39, 0.29) is 17.1 Å². The van der Waals surface area contributed by atoms with Gasteiger partial charge in [0.05, 0.1) is 19.3 Å². The van der Waals surface area contributed by atoms with Crippen LogP contribution in [0.25, 0.3) is 0 Å². The van der Waals surface area contributed by atoms with Crippen LogP contribution < -0.4 is 5.32 Å². The largest absolute Gasteiger partial charge is 0.464 e. The second-order valence-corrected chi connectivity index (χ2v) is 5.16. The summed E-state index contributed by atoms with van der Waals surface area (Å²) in [6.45, 7) is 2.84. The summed E-state index contributed by atoms with van der Waals surface area (Å²) in [6, 6.07) is 5.07. The van der Waals surface area contributed by atoms with Gasteiger partial charge in [-0.2, -0.15) is 10.2 Å². The van der Waals surface area contributed by atoms with E-state index in [0.29, 0.717) is 18.8 Å². The minimum atomic E-state index is -0.624. The van der Waals surface area contributed by atoms with Crippen LogP contribution in [0.2, 0.25) is 0 Å². The fraction of sp³-hybridized carbons (Fsp3) is 0.250. The van der Waals surface area contributed by atoms with Crippen molar-refractivity contribution in [2.24, 2.45) is 0 Å². The molecule has 1 amide bonds. The summed E-state index contributed by atoms with van der Waals surface area (Å²) >= 11 is 0. The highest BCUT2D eigenvalue weighted by Gasteiger charge is 2.21. The number of furan rings is 1. The zero-order valence-corrected chi connectivity index (χ0v) is 13.8. The van der Waals surface area contributed by atoms with Gasteiger partial charge in [0, 0.05) is 25.1 Å². The van der Waals surface area contributed by atoms with Gasteiger partial charge in [-0.15, -0.1) is 0 Å². The first kappa shape index (κ1) is 16.5. The van der Waals surface area contributed by atoms with E-state index in [4.69, 9.17) is 4.42 Å². The summed E-state index contributed by atoms with van der Waals surface area (Å²) in [7, 11) is 1.26. The van der Waals surface area contributed by atoms with Crippen LogP contribution >= 0.6 is 0 Å². The molecule has 0 aromatic carbocycles. The molecule has 0 saturated carbocycles. The summed E-state index contributed by atoms with van der Waals surface area (Å²) in [5.74, 6) is -0.387. The number of carbonyl (C=O) groups excluding carboxylic acids is 2. The van der Waals surface area contributed by atoms with E-state index < -0.39 is 11.9 Å². The lowest BCUT2D eigenvalue weighted by atomic mass is 10.3. The molecule has 0 fully saturated rings. The molecule has 3 rings (SSSR count). The lowest BCUT2D eigenvalue weighted by Gasteiger charge is -2.02. The van der Waals surface area contributed by atoms with Gasteiger partial charge in [-0.25, -0.2) is 4.79 Å². The third-order valence-corrected chi connectivity index (χ3v) is 3.48. The molecule has 0 bridgehead atoms. The number of carbonyl (C=O) groups is 2. The smallest absolute Gasteiger partial charge is 0.360 e. The molecule has 9 nitrogen and oxygen atoms in total. The second-order valence-electron chi connectivity index (χ2n) is 5.16. The molecule has 0 spiro atoms. The van der Waals surface area contributed by atoms with Crippen molar-refractivity contribution in [3.8, 4) is 0 Å². The average molecular weight is 343 g/mol. The van der Waals surface area contributed by atoms with E-state index in [0.717, 1.165) is 0 Å². The number of methoxy groups -OCH3 is 1. The third-order valence-electron chi connectivity index (χ3n) is 3.48. The molecule has 0 atom stereocenters. The lowest BCUT2D eigenvalue weighted by Crippen LogP contribution is -2.14. The summed E-state index contributed by atoms with van der Waals surface area (Å²) in [5.41, 5.74) is 0.310. The number of rotatable bonds is 6. The zero-order valence-electron chi connectivity index (χ0n) is 13.8. The Morgan fingerprint density at radius 2 is 2.16 bits per heavy atom. The van der Waals surface area contributed by atoms with E-state index in [1.165, 1.54) is 11.8 Å². The SMILES string of the molecule is CCn1cc(NC(=O)c2ccc(Cn3cccn3)o2)c(C(=O)OC)n1. The highest BCUT2D eigenvalue weighted by atomic mass is 16.5. The maximum atomic E-state index is 12.4. The molecular formula is C16H17N5O4. The zero-order chi connectivity index (χ0) is 17.8. The molecule has 1 N–H and O–H groups in total. The number of hydrogen-bond donors (Lipinski definition) is 1. The highest BCUT2D eigenvalue weighted by molar-refractivity contribution is 6.05. The Hall–Kier alpha value is -3.36. The molecule has 0 aliphatic carbocycles. The van der Waals surface area contributed by atoms with Gasteiger partial charge in [0.1, 0.15) is 5.76 Å². The maximum absolute atomic E-state index is 12.4. The Morgan fingerprint density at radius 3 is 2.84 bits per heavy atom. The van der Waals surface area contributed by atoms with Crippen molar-refractivity contribution in [3.05, 3.63) is 54.0 Å². The van der Waals surface area contributed by atoms with Crippen LogP contribution in [0, 0.1) is 0 Å². The predicted molar refractivity (Wildman–Crippen MR) is 87.2 cm³/mol. The second kappa shape index (κ2) is 7.04. The molecule has 0 aliphatic heterocycles. The number of esters is 1. The fourth-order valence-corrected chi connectivity index (χ4v) is 2.24. The van der Waals surface area contributed by atoms with E-state index in [1.54, 1.807) is 41.5 Å². The molecule has 0 saturated heterocycles. The molecule has 3 aromatic heterocycles. The van der Waals surface area contributed by atoms with Gasteiger partial charge in [0.2, 0.25) is 0 Å². The number of nitrogens with zero attached hydrogens (tertiary/aromatic N) is 4. The molecule has 25 heavy (non-hydrogen) atoms. The predicted octanol–water partition coefficient (Wildman–Crippen LogP) is 1.78. The lowest BCUT2D eigenvalue weighted by molar-refractivity contribution is 0.0594. The van der Waals surface area contributed by atoms with Gasteiger partial charge in [0.15, 0.2) is 11.5 Å². The Balaban J connectivity index is 1.75. The minimum absolute atomic E-state index is 0.0426. The third kappa shape index (κ3) is 3.60. The quantitative estimate of drug-likeness (QED) is 0.684. The molecule has 130 valence electrons. The topological polar surface area (TPSA) is 104 Å². The van der Waals surface area contributed by atoms with Gasteiger partial charge in [0.25, 0.3) is 5.91 Å². The van der Waals surface area contributed by atoms with Crippen molar-refractivity contribution in [2.75, 3.05) is 12.4 Å². The molecule has 9 heteroatoms. The standard InChI is InChI=1S/C16H17N5O4/c1-3-20-10-12(14(19-20)16(23)24-2)18-15(22)13-6-5-11(25-13)9-21-8-4-7-17-21/h4-8,10H,3,9H2,1-2H3,(H,18,22). The van der Waals surface area contributed by atoms with E-state index >= 15 is 0 Å². The minimum Gasteiger partial charge on any atom is -0.464 e. The van der Waals surface area contributed by atoms with E-state index in [1.807, 2.05) is 6.92 Å². The first-order valence-electron chi connectivity index (χ1n) is 7.64. The van der Waals surface area contributed by atoms with Crippen molar-refractivity contribution >= 4 is 17.6 Å². The number of aryl methyl sites for hydroxylation is 1. The molecule has 3 aromatic rings. The normalized spacial score (nSPS) is 10.6. The van der Waals surface area contributed by atoms with Crippen LogP contribution in [0.3, 0.4) is 0 Å². The number of nitrogens with one attached hydrogen (secondary N) is 1. The Morgan fingerprint density at radius 1 is 1.32 bits per heavy atom.